The zero-order valence-corrected chi connectivity index (χ0v) is 9.28. The van der Waals surface area contributed by atoms with Crippen LogP contribution >= 0.6 is 27.3 Å². The maximum Gasteiger partial charge on any atom is 0.0937 e. The molecule has 66 valence electrons. The number of hydrogen-bond donors (Lipinski definition) is 1. The zero-order valence-electron chi connectivity index (χ0n) is 6.88. The summed E-state index contributed by atoms with van der Waals surface area (Å²) in [5, 5.41) is 12.1. The molecule has 3 heteroatoms. The van der Waals surface area contributed by atoms with Gasteiger partial charge in [-0.3, -0.25) is 0 Å². The highest BCUT2D eigenvalue weighted by Gasteiger charge is 2.53. The lowest BCUT2D eigenvalue weighted by Gasteiger charge is -2.05. The quantitative estimate of drug-likeness (QED) is 0.851. The molecule has 12 heavy (non-hydrogen) atoms. The van der Waals surface area contributed by atoms with E-state index in [1.54, 1.807) is 11.3 Å². The Morgan fingerprint density at radius 1 is 1.83 bits per heavy atom. The van der Waals surface area contributed by atoms with E-state index in [9.17, 15) is 5.11 Å². The van der Waals surface area contributed by atoms with Gasteiger partial charge in [-0.15, -0.1) is 11.3 Å². The van der Waals surface area contributed by atoms with Crippen LogP contribution < -0.4 is 0 Å². The van der Waals surface area contributed by atoms with Crippen molar-refractivity contribution in [2.45, 2.75) is 25.4 Å². The van der Waals surface area contributed by atoms with Crippen LogP contribution in [0.2, 0.25) is 0 Å². The summed E-state index contributed by atoms with van der Waals surface area (Å²) in [5.74, 6) is 0.485. The molecule has 1 nitrogen and oxygen atoms in total. The minimum atomic E-state index is -0.489. The van der Waals surface area contributed by atoms with E-state index in [2.05, 4.69) is 22.9 Å². The van der Waals surface area contributed by atoms with Gasteiger partial charge >= 0.3 is 0 Å². The van der Waals surface area contributed by atoms with E-state index in [1.165, 1.54) is 0 Å². The van der Waals surface area contributed by atoms with E-state index < -0.39 is 5.60 Å². The second-order valence-electron chi connectivity index (χ2n) is 3.37. The predicted octanol–water partition coefficient (Wildman–Crippen LogP) is 3.13. The second kappa shape index (κ2) is 2.82. The Bertz CT molecular complexity index is 296. The first-order valence-corrected chi connectivity index (χ1v) is 5.81. The van der Waals surface area contributed by atoms with Gasteiger partial charge in [-0.2, -0.15) is 0 Å². The predicted molar refractivity (Wildman–Crippen MR) is 54.3 cm³/mol. The van der Waals surface area contributed by atoms with Gasteiger partial charge in [0.05, 0.1) is 9.39 Å². The van der Waals surface area contributed by atoms with Gasteiger partial charge in [0.1, 0.15) is 0 Å². The molecule has 0 spiro atoms. The number of aliphatic hydroxyl groups is 1. The number of halogens is 1. The first-order valence-electron chi connectivity index (χ1n) is 4.13. The van der Waals surface area contributed by atoms with E-state index in [1.807, 2.05) is 11.4 Å². The molecule has 0 radical (unpaired) electrons. The van der Waals surface area contributed by atoms with Crippen LogP contribution in [0.3, 0.4) is 0 Å². The molecular weight excluding hydrogens is 236 g/mol. The lowest BCUT2D eigenvalue weighted by Crippen LogP contribution is -2.06. The average molecular weight is 247 g/mol. The summed E-state index contributed by atoms with van der Waals surface area (Å²) in [6, 6.07) is 2.03. The SMILES string of the molecule is CCC1CC1(O)c1csc(Br)c1. The highest BCUT2D eigenvalue weighted by molar-refractivity contribution is 9.11. The molecular formula is C9H11BrOS. The van der Waals surface area contributed by atoms with Crippen LogP contribution in [0.15, 0.2) is 15.2 Å². The first kappa shape index (κ1) is 8.73. The second-order valence-corrected chi connectivity index (χ2v) is 5.66. The molecule has 0 amide bonds. The smallest absolute Gasteiger partial charge is 0.0937 e. The minimum Gasteiger partial charge on any atom is -0.385 e. The fourth-order valence-electron chi connectivity index (χ4n) is 1.69. The Kier molecular flexibility index (Phi) is 2.05. The Hall–Kier alpha value is 0.140. The molecule has 2 unspecified atom stereocenters. The largest absolute Gasteiger partial charge is 0.385 e. The number of rotatable bonds is 2. The Morgan fingerprint density at radius 3 is 3.00 bits per heavy atom. The molecule has 2 rings (SSSR count). The van der Waals surface area contributed by atoms with E-state index in [-0.39, 0.29) is 0 Å². The molecule has 0 saturated heterocycles. The van der Waals surface area contributed by atoms with E-state index >= 15 is 0 Å². The van der Waals surface area contributed by atoms with Crippen LogP contribution in [-0.4, -0.2) is 5.11 Å². The van der Waals surface area contributed by atoms with Crippen molar-refractivity contribution in [3.8, 4) is 0 Å². The maximum absolute atomic E-state index is 10.1. The highest BCUT2D eigenvalue weighted by atomic mass is 79.9. The van der Waals surface area contributed by atoms with Gasteiger partial charge < -0.3 is 5.11 Å². The van der Waals surface area contributed by atoms with Gasteiger partial charge in [-0.25, -0.2) is 0 Å². The normalized spacial score (nSPS) is 33.8. The van der Waals surface area contributed by atoms with Crippen LogP contribution in [0.1, 0.15) is 25.3 Å². The molecule has 0 bridgehead atoms. The molecule has 0 aliphatic heterocycles. The highest BCUT2D eigenvalue weighted by Crippen LogP contribution is 2.54. The maximum atomic E-state index is 10.1. The Labute approximate surface area is 84.6 Å². The third-order valence-corrected chi connectivity index (χ3v) is 4.14. The molecule has 1 aliphatic carbocycles. The third-order valence-electron chi connectivity index (χ3n) is 2.63. The van der Waals surface area contributed by atoms with E-state index in [0.717, 1.165) is 22.2 Å². The summed E-state index contributed by atoms with van der Waals surface area (Å²) in [5.41, 5.74) is 0.600. The molecule has 1 aliphatic rings. The van der Waals surface area contributed by atoms with Gasteiger partial charge in [0, 0.05) is 0 Å². The van der Waals surface area contributed by atoms with Crippen molar-refractivity contribution in [1.82, 2.24) is 0 Å². The summed E-state index contributed by atoms with van der Waals surface area (Å²) >= 11 is 5.04. The van der Waals surface area contributed by atoms with Gasteiger partial charge in [0.15, 0.2) is 0 Å². The molecule has 0 aromatic carbocycles. The number of thiophene rings is 1. The monoisotopic (exact) mass is 246 g/mol. The van der Waals surface area contributed by atoms with Crippen LogP contribution in [0, 0.1) is 5.92 Å². The zero-order chi connectivity index (χ0) is 8.77. The summed E-state index contributed by atoms with van der Waals surface area (Å²) in [4.78, 5) is 0. The van der Waals surface area contributed by atoms with E-state index in [4.69, 9.17) is 0 Å². The van der Waals surface area contributed by atoms with Crippen molar-refractivity contribution in [2.24, 2.45) is 5.92 Å². The van der Waals surface area contributed by atoms with Crippen molar-refractivity contribution in [1.29, 1.82) is 0 Å². The van der Waals surface area contributed by atoms with Crippen molar-refractivity contribution in [3.63, 3.8) is 0 Å². The average Bonchev–Trinajstić information content (AvgIpc) is 2.50. The number of hydrogen-bond acceptors (Lipinski definition) is 2. The lowest BCUT2D eigenvalue weighted by molar-refractivity contribution is 0.131. The van der Waals surface area contributed by atoms with Crippen LogP contribution in [0.4, 0.5) is 0 Å². The lowest BCUT2D eigenvalue weighted by atomic mass is 10.1. The third kappa shape index (κ3) is 1.24. The van der Waals surface area contributed by atoms with Crippen LogP contribution in [0.5, 0.6) is 0 Å². The van der Waals surface area contributed by atoms with Gasteiger partial charge in [-0.05, 0) is 45.3 Å². The van der Waals surface area contributed by atoms with Crippen molar-refractivity contribution in [2.75, 3.05) is 0 Å². The molecule has 2 atom stereocenters. The van der Waals surface area contributed by atoms with Gasteiger partial charge in [0.25, 0.3) is 0 Å². The van der Waals surface area contributed by atoms with E-state index in [0.29, 0.717) is 5.92 Å². The summed E-state index contributed by atoms with van der Waals surface area (Å²) in [6.07, 6.45) is 2.01. The standard InChI is InChI=1S/C9H11BrOS/c1-2-6-4-9(6,11)7-3-8(10)12-5-7/h3,5-6,11H,2,4H2,1H3. The summed E-state index contributed by atoms with van der Waals surface area (Å²) in [7, 11) is 0. The Morgan fingerprint density at radius 2 is 2.58 bits per heavy atom. The minimum absolute atomic E-state index is 0.485. The van der Waals surface area contributed by atoms with Crippen LogP contribution in [0.25, 0.3) is 0 Å². The van der Waals surface area contributed by atoms with Crippen molar-refractivity contribution >= 4 is 27.3 Å². The summed E-state index contributed by atoms with van der Waals surface area (Å²) in [6.45, 7) is 2.13. The first-order chi connectivity index (χ1) is 5.66. The fraction of sp³-hybridized carbons (Fsp3) is 0.556. The Balaban J connectivity index is 2.22. The molecule has 1 aromatic heterocycles. The molecule has 1 heterocycles. The van der Waals surface area contributed by atoms with Crippen LogP contribution in [-0.2, 0) is 5.60 Å². The van der Waals surface area contributed by atoms with Crippen molar-refractivity contribution < 1.29 is 5.11 Å². The topological polar surface area (TPSA) is 20.2 Å². The molecule has 1 fully saturated rings. The van der Waals surface area contributed by atoms with Gasteiger partial charge in [0.2, 0.25) is 0 Å². The molecule has 1 N–H and O–H groups in total. The van der Waals surface area contributed by atoms with Crippen molar-refractivity contribution in [3.05, 3.63) is 20.8 Å². The molecule has 1 saturated carbocycles. The summed E-state index contributed by atoms with van der Waals surface area (Å²) < 4.78 is 1.10. The van der Waals surface area contributed by atoms with Gasteiger partial charge in [-0.1, -0.05) is 13.3 Å². The fourth-order valence-corrected chi connectivity index (χ4v) is 2.92. The molecule has 1 aromatic rings.